The van der Waals surface area contributed by atoms with Gasteiger partial charge in [0.05, 0.1) is 0 Å². The Morgan fingerprint density at radius 2 is 1.00 bits per heavy atom. The van der Waals surface area contributed by atoms with E-state index in [1.54, 1.807) is 0 Å². The van der Waals surface area contributed by atoms with E-state index in [1.165, 1.54) is 70.9 Å². The fourth-order valence-electron chi connectivity index (χ4n) is 5.19. The zero-order chi connectivity index (χ0) is 11.2. The van der Waals surface area contributed by atoms with Crippen molar-refractivity contribution in [1.82, 2.24) is 9.80 Å². The van der Waals surface area contributed by atoms with E-state index in [9.17, 15) is 0 Å². The van der Waals surface area contributed by atoms with E-state index < -0.39 is 0 Å². The van der Waals surface area contributed by atoms with E-state index in [0.29, 0.717) is 0 Å². The van der Waals surface area contributed by atoms with Gasteiger partial charge in [-0.3, -0.25) is 9.80 Å². The fraction of sp³-hybridized carbons (Fsp3) is 1.00. The number of hydrogen-bond acceptors (Lipinski definition) is 2. The summed E-state index contributed by atoms with van der Waals surface area (Å²) in [6, 6.07) is 3.82. The maximum absolute atomic E-state index is 2.91. The summed E-state index contributed by atoms with van der Waals surface area (Å²) in [5.41, 5.74) is 0. The van der Waals surface area contributed by atoms with Gasteiger partial charge in [0.1, 0.15) is 0 Å². The minimum Gasteiger partial charge on any atom is -0.297 e. The van der Waals surface area contributed by atoms with Crippen LogP contribution in [0, 0.1) is 0 Å². The number of hydrogen-bond donors (Lipinski definition) is 0. The first-order chi connectivity index (χ1) is 8.42. The van der Waals surface area contributed by atoms with Crippen LogP contribution in [0.15, 0.2) is 0 Å². The van der Waals surface area contributed by atoms with Crippen molar-refractivity contribution < 1.29 is 0 Å². The Kier molecular flexibility index (Phi) is 2.69. The van der Waals surface area contributed by atoms with Crippen LogP contribution in [-0.4, -0.2) is 47.1 Å². The van der Waals surface area contributed by atoms with Crippen LogP contribution in [0.2, 0.25) is 0 Å². The second-order valence-corrected chi connectivity index (χ2v) is 6.79. The van der Waals surface area contributed by atoms with Gasteiger partial charge >= 0.3 is 0 Å². The highest BCUT2D eigenvalue weighted by atomic mass is 15.3. The Hall–Kier alpha value is -0.0800. The third-order valence-corrected chi connectivity index (χ3v) is 5.92. The summed E-state index contributed by atoms with van der Waals surface area (Å²) in [6.45, 7) is 2.82. The molecule has 2 nitrogen and oxygen atoms in total. The Labute approximate surface area is 105 Å². The molecule has 0 saturated carbocycles. The van der Waals surface area contributed by atoms with Crippen LogP contribution in [0.25, 0.3) is 0 Å². The molecule has 0 spiro atoms. The Balaban J connectivity index is 1.56. The normalized spacial score (nSPS) is 47.3. The summed E-state index contributed by atoms with van der Waals surface area (Å²) in [4.78, 5) is 5.82. The highest BCUT2D eigenvalue weighted by Crippen LogP contribution is 2.41. The molecule has 2 heteroatoms. The van der Waals surface area contributed by atoms with Gasteiger partial charge in [-0.1, -0.05) is 12.8 Å². The lowest BCUT2D eigenvalue weighted by atomic mass is 9.77. The average Bonchev–Trinajstić information content (AvgIpc) is 2.39. The standard InChI is InChI=1S/C15H26N2/c1-3-7-16-12(5-1)9-14-11-15(16)10-13-6-2-4-8-17(13)14/h12-15H,1-11H2/t12-,13+,14+,15-. The Morgan fingerprint density at radius 3 is 1.53 bits per heavy atom. The highest BCUT2D eigenvalue weighted by Gasteiger charge is 2.45. The average molecular weight is 234 g/mol. The quantitative estimate of drug-likeness (QED) is 0.636. The predicted molar refractivity (Wildman–Crippen MR) is 70.1 cm³/mol. The van der Waals surface area contributed by atoms with Crippen molar-refractivity contribution in [1.29, 1.82) is 0 Å². The summed E-state index contributed by atoms with van der Waals surface area (Å²) < 4.78 is 0. The molecule has 0 aromatic carbocycles. The van der Waals surface area contributed by atoms with E-state index in [2.05, 4.69) is 9.80 Å². The van der Waals surface area contributed by atoms with Crippen LogP contribution < -0.4 is 0 Å². The van der Waals surface area contributed by atoms with Crippen molar-refractivity contribution in [3.8, 4) is 0 Å². The van der Waals surface area contributed by atoms with Gasteiger partial charge in [0.2, 0.25) is 0 Å². The number of rotatable bonds is 0. The van der Waals surface area contributed by atoms with Gasteiger partial charge in [0.15, 0.2) is 0 Å². The van der Waals surface area contributed by atoms with E-state index >= 15 is 0 Å². The van der Waals surface area contributed by atoms with Crippen LogP contribution in [0.5, 0.6) is 0 Å². The molecule has 4 rings (SSSR count). The van der Waals surface area contributed by atoms with Crippen molar-refractivity contribution >= 4 is 0 Å². The lowest BCUT2D eigenvalue weighted by molar-refractivity contribution is -0.0709. The second-order valence-electron chi connectivity index (χ2n) is 6.79. The summed E-state index contributed by atoms with van der Waals surface area (Å²) >= 11 is 0. The van der Waals surface area contributed by atoms with Gasteiger partial charge in [-0.15, -0.1) is 0 Å². The molecule has 4 saturated heterocycles. The molecule has 4 heterocycles. The molecule has 0 aliphatic carbocycles. The van der Waals surface area contributed by atoms with Crippen molar-refractivity contribution in [3.63, 3.8) is 0 Å². The SMILES string of the molecule is C1CCN2[C@H]3C[C@H](C[C@H]2C1)N1CCCC[C@H]1C3. The zero-order valence-electron chi connectivity index (χ0n) is 11.0. The second kappa shape index (κ2) is 4.24. The summed E-state index contributed by atoms with van der Waals surface area (Å²) in [7, 11) is 0. The molecule has 2 bridgehead atoms. The largest absolute Gasteiger partial charge is 0.297 e. The lowest BCUT2D eigenvalue weighted by Crippen LogP contribution is -2.64. The third kappa shape index (κ3) is 1.76. The van der Waals surface area contributed by atoms with Crippen LogP contribution >= 0.6 is 0 Å². The van der Waals surface area contributed by atoms with Gasteiger partial charge in [0, 0.05) is 24.2 Å². The van der Waals surface area contributed by atoms with Crippen LogP contribution in [0.4, 0.5) is 0 Å². The van der Waals surface area contributed by atoms with E-state index in [-0.39, 0.29) is 0 Å². The molecule has 0 aromatic rings. The summed E-state index contributed by atoms with van der Waals surface area (Å²) in [6.07, 6.45) is 13.4. The zero-order valence-corrected chi connectivity index (χ0v) is 11.0. The van der Waals surface area contributed by atoms with Gasteiger partial charge in [0.25, 0.3) is 0 Å². The Bertz CT molecular complexity index is 263. The highest BCUT2D eigenvalue weighted by molar-refractivity contribution is 5.01. The van der Waals surface area contributed by atoms with E-state index in [0.717, 1.165) is 24.2 Å². The summed E-state index contributed by atoms with van der Waals surface area (Å²) in [5, 5.41) is 0. The first-order valence-electron chi connectivity index (χ1n) is 7.93. The van der Waals surface area contributed by atoms with Gasteiger partial charge < -0.3 is 0 Å². The van der Waals surface area contributed by atoms with Crippen molar-refractivity contribution in [2.24, 2.45) is 0 Å². The molecule has 4 aliphatic rings. The van der Waals surface area contributed by atoms with Gasteiger partial charge in [-0.05, 0) is 58.0 Å². The molecule has 0 aromatic heterocycles. The first-order valence-corrected chi connectivity index (χ1v) is 7.93. The molecule has 4 fully saturated rings. The van der Waals surface area contributed by atoms with Crippen molar-refractivity contribution in [3.05, 3.63) is 0 Å². The molecule has 4 atom stereocenters. The molecule has 0 N–H and O–H groups in total. The lowest BCUT2D eigenvalue weighted by Gasteiger charge is -2.57. The molecule has 0 unspecified atom stereocenters. The van der Waals surface area contributed by atoms with Crippen LogP contribution in [0.3, 0.4) is 0 Å². The monoisotopic (exact) mass is 234 g/mol. The van der Waals surface area contributed by atoms with Crippen molar-refractivity contribution in [2.75, 3.05) is 13.1 Å². The summed E-state index contributed by atoms with van der Waals surface area (Å²) in [5.74, 6) is 0. The molecular formula is C15H26N2. The third-order valence-electron chi connectivity index (χ3n) is 5.92. The van der Waals surface area contributed by atoms with Crippen LogP contribution in [0.1, 0.15) is 57.8 Å². The minimum absolute atomic E-state index is 0.954. The number of nitrogens with zero attached hydrogens (tertiary/aromatic N) is 2. The number of fused-ring (bicyclic) bond motifs is 6. The maximum atomic E-state index is 2.91. The van der Waals surface area contributed by atoms with E-state index in [4.69, 9.17) is 0 Å². The molecule has 0 radical (unpaired) electrons. The first kappa shape index (κ1) is 10.8. The predicted octanol–water partition coefficient (Wildman–Crippen LogP) is 2.63. The topological polar surface area (TPSA) is 6.48 Å². The molecule has 17 heavy (non-hydrogen) atoms. The molecule has 96 valence electrons. The Morgan fingerprint density at radius 1 is 0.529 bits per heavy atom. The maximum Gasteiger partial charge on any atom is 0.0128 e. The van der Waals surface area contributed by atoms with Gasteiger partial charge in [-0.25, -0.2) is 0 Å². The molecular weight excluding hydrogens is 208 g/mol. The minimum atomic E-state index is 0.954. The smallest absolute Gasteiger partial charge is 0.0128 e. The molecule has 0 amide bonds. The van der Waals surface area contributed by atoms with Gasteiger partial charge in [-0.2, -0.15) is 0 Å². The fourth-order valence-corrected chi connectivity index (χ4v) is 5.19. The molecule has 4 aliphatic heterocycles. The number of piperidine rings is 4. The van der Waals surface area contributed by atoms with Crippen molar-refractivity contribution in [2.45, 2.75) is 82.0 Å². The van der Waals surface area contributed by atoms with Crippen LogP contribution in [-0.2, 0) is 0 Å². The van der Waals surface area contributed by atoms with E-state index in [1.807, 2.05) is 0 Å².